The fourth-order valence-electron chi connectivity index (χ4n) is 7.09. The first-order valence-corrected chi connectivity index (χ1v) is 15.8. The molecule has 47 heavy (non-hydrogen) atoms. The number of aromatic nitrogens is 1. The fourth-order valence-corrected chi connectivity index (χ4v) is 7.09. The zero-order valence-electron chi connectivity index (χ0n) is 25.2. The second-order valence-electron chi connectivity index (χ2n) is 12.1. The molecule has 0 fully saturated rings. The van der Waals surface area contributed by atoms with Crippen LogP contribution in [-0.2, 0) is 0 Å². The van der Waals surface area contributed by atoms with Crippen LogP contribution < -0.4 is 5.32 Å². The molecule has 1 atom stereocenters. The van der Waals surface area contributed by atoms with Gasteiger partial charge in [0.2, 0.25) is 0 Å². The molecule has 0 bridgehead atoms. The Bertz CT molecular complexity index is 2790. The molecular formula is C42H26N4O. The first-order chi connectivity index (χ1) is 23.3. The number of rotatable bonds is 3. The van der Waals surface area contributed by atoms with Gasteiger partial charge in [-0.2, -0.15) is 0 Å². The number of pyridine rings is 1. The van der Waals surface area contributed by atoms with Gasteiger partial charge in [-0.3, -0.25) is 4.98 Å². The summed E-state index contributed by atoms with van der Waals surface area (Å²) in [5.41, 5.74) is 4.58. The van der Waals surface area contributed by atoms with Gasteiger partial charge < -0.3 is 9.73 Å². The van der Waals surface area contributed by atoms with Crippen LogP contribution in [0.1, 0.15) is 22.9 Å². The van der Waals surface area contributed by atoms with Gasteiger partial charge >= 0.3 is 0 Å². The van der Waals surface area contributed by atoms with E-state index in [4.69, 9.17) is 14.4 Å². The summed E-state index contributed by atoms with van der Waals surface area (Å²) in [5.74, 6) is 1.42. The van der Waals surface area contributed by atoms with Gasteiger partial charge in [-0.1, -0.05) is 109 Å². The van der Waals surface area contributed by atoms with Gasteiger partial charge in [-0.05, 0) is 72.9 Å². The van der Waals surface area contributed by atoms with Crippen molar-refractivity contribution < 1.29 is 4.42 Å². The van der Waals surface area contributed by atoms with E-state index in [0.29, 0.717) is 5.84 Å². The number of aliphatic imine (C=N–C) groups is 2. The summed E-state index contributed by atoms with van der Waals surface area (Å²) < 4.78 is 6.22. The van der Waals surface area contributed by atoms with Gasteiger partial charge in [0.1, 0.15) is 23.2 Å². The van der Waals surface area contributed by atoms with Gasteiger partial charge in [0.15, 0.2) is 5.84 Å². The zero-order valence-corrected chi connectivity index (χ0v) is 25.2. The van der Waals surface area contributed by atoms with Crippen LogP contribution in [0.2, 0.25) is 0 Å². The average Bonchev–Trinajstić information content (AvgIpc) is 3.53. The highest BCUT2D eigenvalue weighted by molar-refractivity contribution is 6.23. The van der Waals surface area contributed by atoms with Crippen LogP contribution in [0.4, 0.5) is 0 Å². The number of furan rings is 1. The Kier molecular flexibility index (Phi) is 5.57. The van der Waals surface area contributed by atoms with Crippen molar-refractivity contribution in [1.29, 1.82) is 0 Å². The molecule has 9 aromatic rings. The number of hydrogen-bond donors (Lipinski definition) is 1. The van der Waals surface area contributed by atoms with Crippen molar-refractivity contribution in [2.75, 3.05) is 0 Å². The molecule has 220 valence electrons. The van der Waals surface area contributed by atoms with E-state index >= 15 is 0 Å². The van der Waals surface area contributed by atoms with Crippen LogP contribution in [0.15, 0.2) is 160 Å². The molecule has 5 heteroatoms. The summed E-state index contributed by atoms with van der Waals surface area (Å²) in [5, 5.41) is 15.3. The normalized spacial score (nSPS) is 15.0. The molecule has 1 N–H and O–H groups in total. The summed E-state index contributed by atoms with van der Waals surface area (Å²) in [7, 11) is 0. The highest BCUT2D eigenvalue weighted by atomic mass is 16.3. The molecule has 10 rings (SSSR count). The number of nitrogens with zero attached hydrogens (tertiary/aromatic N) is 3. The van der Waals surface area contributed by atoms with Gasteiger partial charge in [0.05, 0.1) is 0 Å². The van der Waals surface area contributed by atoms with Crippen LogP contribution in [0, 0.1) is 0 Å². The monoisotopic (exact) mass is 602 g/mol. The van der Waals surface area contributed by atoms with Crippen molar-refractivity contribution in [2.24, 2.45) is 9.98 Å². The third kappa shape index (κ3) is 4.14. The third-order valence-corrected chi connectivity index (χ3v) is 9.39. The molecule has 3 heterocycles. The predicted molar refractivity (Wildman–Crippen MR) is 193 cm³/mol. The summed E-state index contributed by atoms with van der Waals surface area (Å²) >= 11 is 0. The molecule has 5 nitrogen and oxygen atoms in total. The lowest BCUT2D eigenvalue weighted by Gasteiger charge is -2.24. The second-order valence-corrected chi connectivity index (χ2v) is 12.1. The predicted octanol–water partition coefficient (Wildman–Crippen LogP) is 10.1. The van der Waals surface area contributed by atoms with E-state index in [2.05, 4.69) is 126 Å². The molecule has 0 spiro atoms. The summed E-state index contributed by atoms with van der Waals surface area (Å²) in [6.07, 6.45) is 3.27. The minimum absolute atomic E-state index is 0.346. The Hall–Kier alpha value is -6.33. The first kappa shape index (κ1) is 25.9. The minimum atomic E-state index is -0.346. The van der Waals surface area contributed by atoms with E-state index in [0.717, 1.165) is 44.5 Å². The highest BCUT2D eigenvalue weighted by Gasteiger charge is 2.24. The molecule has 0 radical (unpaired) electrons. The van der Waals surface area contributed by atoms with Gasteiger partial charge in [-0.15, -0.1) is 0 Å². The Morgan fingerprint density at radius 1 is 0.553 bits per heavy atom. The maximum atomic E-state index is 6.22. The summed E-state index contributed by atoms with van der Waals surface area (Å²) in [6, 6.07) is 47.0. The van der Waals surface area contributed by atoms with Crippen LogP contribution in [0.5, 0.6) is 0 Å². The molecule has 7 aromatic carbocycles. The lowest BCUT2D eigenvalue weighted by atomic mass is 9.96. The standard InChI is InChI=1S/C42H26N4O/c1-2-8-28-22-29(14-12-25(28)6-1)40-44-41(46-42(45-40)34-10-5-11-38-39(34)36-24-43-21-20-37(36)47-38)30-15-13-27-17-18-32-31-9-4-3-7-26(31)16-19-33(32)35(27)23-30/h1-24,40H,(H,44,45,46). The van der Waals surface area contributed by atoms with E-state index in [9.17, 15) is 0 Å². The SMILES string of the molecule is c1ccc2cc(C3N=C(c4ccc5ccc6c7ccccc7ccc6c5c4)N=C(c4cccc5oc6ccncc6c45)N3)ccc2c1. The van der Waals surface area contributed by atoms with Gasteiger partial charge in [-0.25, -0.2) is 9.98 Å². The van der Waals surface area contributed by atoms with Gasteiger partial charge in [0, 0.05) is 34.3 Å². The van der Waals surface area contributed by atoms with E-state index in [-0.39, 0.29) is 6.17 Å². The highest BCUT2D eigenvalue weighted by Crippen LogP contribution is 2.35. The van der Waals surface area contributed by atoms with E-state index < -0.39 is 0 Å². The Balaban J connectivity index is 1.19. The Labute approximate surface area is 269 Å². The molecule has 1 aliphatic heterocycles. The number of amidine groups is 2. The largest absolute Gasteiger partial charge is 0.456 e. The van der Waals surface area contributed by atoms with Crippen molar-refractivity contribution in [2.45, 2.75) is 6.17 Å². The lowest BCUT2D eigenvalue weighted by molar-refractivity contribution is 0.667. The maximum absolute atomic E-state index is 6.22. The van der Waals surface area contributed by atoms with E-state index in [1.807, 2.05) is 24.4 Å². The molecular weight excluding hydrogens is 576 g/mol. The molecule has 1 aliphatic rings. The maximum Gasteiger partial charge on any atom is 0.159 e. The van der Waals surface area contributed by atoms with Crippen LogP contribution >= 0.6 is 0 Å². The molecule has 2 aromatic heterocycles. The second kappa shape index (κ2) is 10.1. The number of nitrogens with one attached hydrogen (secondary N) is 1. The molecule has 0 saturated carbocycles. The fraction of sp³-hybridized carbons (Fsp3) is 0.0238. The first-order valence-electron chi connectivity index (χ1n) is 15.8. The van der Waals surface area contributed by atoms with Crippen LogP contribution in [0.25, 0.3) is 65.0 Å². The minimum Gasteiger partial charge on any atom is -0.456 e. The summed E-state index contributed by atoms with van der Waals surface area (Å²) in [4.78, 5) is 14.9. The number of fused-ring (bicyclic) bond motifs is 9. The van der Waals surface area contributed by atoms with Crippen molar-refractivity contribution >= 4 is 76.7 Å². The van der Waals surface area contributed by atoms with E-state index in [1.54, 1.807) is 6.20 Å². The number of benzene rings is 7. The smallest absolute Gasteiger partial charge is 0.159 e. The lowest BCUT2D eigenvalue weighted by Crippen LogP contribution is -2.33. The van der Waals surface area contributed by atoms with Crippen molar-refractivity contribution in [3.8, 4) is 0 Å². The van der Waals surface area contributed by atoms with Gasteiger partial charge in [0.25, 0.3) is 0 Å². The zero-order chi connectivity index (χ0) is 30.9. The van der Waals surface area contributed by atoms with Crippen molar-refractivity contribution in [3.05, 3.63) is 163 Å². The molecule has 0 aliphatic carbocycles. The molecule has 1 unspecified atom stereocenters. The quantitative estimate of drug-likeness (QED) is 0.205. The Morgan fingerprint density at radius 3 is 2.23 bits per heavy atom. The van der Waals surface area contributed by atoms with E-state index in [1.165, 1.54) is 43.1 Å². The van der Waals surface area contributed by atoms with Crippen molar-refractivity contribution in [3.63, 3.8) is 0 Å². The van der Waals surface area contributed by atoms with Crippen molar-refractivity contribution in [1.82, 2.24) is 10.3 Å². The van der Waals surface area contributed by atoms with Crippen LogP contribution in [0.3, 0.4) is 0 Å². The molecule has 0 saturated heterocycles. The third-order valence-electron chi connectivity index (χ3n) is 9.39. The summed E-state index contributed by atoms with van der Waals surface area (Å²) in [6.45, 7) is 0. The van der Waals surface area contributed by atoms with Crippen LogP contribution in [-0.4, -0.2) is 16.7 Å². The Morgan fingerprint density at radius 2 is 1.32 bits per heavy atom. The average molecular weight is 603 g/mol. The molecule has 0 amide bonds. The number of hydrogen-bond acceptors (Lipinski definition) is 5. The topological polar surface area (TPSA) is 62.8 Å².